The molecule has 1 aliphatic carbocycles. The molecule has 2 aromatic rings. The zero-order valence-corrected chi connectivity index (χ0v) is 14.7. The molecule has 1 aromatic heterocycles. The van der Waals surface area contributed by atoms with Crippen molar-refractivity contribution in [3.8, 4) is 11.4 Å². The van der Waals surface area contributed by atoms with E-state index in [9.17, 15) is 0 Å². The first-order valence-electron chi connectivity index (χ1n) is 8.20. The summed E-state index contributed by atoms with van der Waals surface area (Å²) in [7, 11) is 2.12. The Kier molecular flexibility index (Phi) is 3.39. The fourth-order valence-electron chi connectivity index (χ4n) is 3.52. The molecule has 1 heterocycles. The number of aryl methyl sites for hydroxylation is 2. The predicted octanol–water partition coefficient (Wildman–Crippen LogP) is 4.23. The molecule has 0 atom stereocenters. The van der Waals surface area contributed by atoms with Crippen molar-refractivity contribution in [2.45, 2.75) is 58.3 Å². The van der Waals surface area contributed by atoms with Gasteiger partial charge in [-0.05, 0) is 41.8 Å². The average molecular weight is 295 g/mol. The highest BCUT2D eigenvalue weighted by Gasteiger charge is 2.43. The fourth-order valence-corrected chi connectivity index (χ4v) is 3.52. The normalized spacial score (nSPS) is 18.8. The molecule has 3 rings (SSSR count). The van der Waals surface area contributed by atoms with Gasteiger partial charge in [-0.2, -0.15) is 0 Å². The number of hydrogen-bond acceptors (Lipinski definition) is 1. The Balaban J connectivity index is 2.27. The summed E-state index contributed by atoms with van der Waals surface area (Å²) >= 11 is 0. The van der Waals surface area contributed by atoms with Gasteiger partial charge in [-0.25, -0.2) is 4.57 Å². The highest BCUT2D eigenvalue weighted by Crippen LogP contribution is 2.44. The summed E-state index contributed by atoms with van der Waals surface area (Å²) in [6.07, 6.45) is 4.73. The second-order valence-corrected chi connectivity index (χ2v) is 8.02. The summed E-state index contributed by atoms with van der Waals surface area (Å²) in [5.41, 5.74) is 5.55. The molecule has 0 unspecified atom stereocenters. The average Bonchev–Trinajstić information content (AvgIpc) is 2.45. The van der Waals surface area contributed by atoms with Crippen LogP contribution in [-0.4, -0.2) is 4.98 Å². The van der Waals surface area contributed by atoms with Crippen LogP contribution >= 0.6 is 0 Å². The third kappa shape index (κ3) is 2.35. The van der Waals surface area contributed by atoms with Crippen LogP contribution in [0.15, 0.2) is 30.5 Å². The van der Waals surface area contributed by atoms with E-state index in [1.54, 1.807) is 0 Å². The molecular weight excluding hydrogens is 268 g/mol. The van der Waals surface area contributed by atoms with Crippen LogP contribution in [0.2, 0.25) is 0 Å². The molecule has 0 saturated heterocycles. The van der Waals surface area contributed by atoms with Gasteiger partial charge in [0.2, 0.25) is 0 Å². The van der Waals surface area contributed by atoms with Crippen molar-refractivity contribution >= 4 is 0 Å². The molecule has 1 aromatic carbocycles. The van der Waals surface area contributed by atoms with E-state index in [4.69, 9.17) is 4.98 Å². The Morgan fingerprint density at radius 2 is 1.64 bits per heavy atom. The van der Waals surface area contributed by atoms with Crippen LogP contribution in [-0.2, 0) is 17.9 Å². The number of hydrogen-bond donors (Lipinski definition) is 0. The molecule has 22 heavy (non-hydrogen) atoms. The van der Waals surface area contributed by atoms with Gasteiger partial charge in [0.25, 0.3) is 0 Å². The van der Waals surface area contributed by atoms with E-state index in [-0.39, 0.29) is 10.8 Å². The first-order valence-corrected chi connectivity index (χ1v) is 8.20. The lowest BCUT2D eigenvalue weighted by molar-refractivity contribution is -0.663. The van der Waals surface area contributed by atoms with Gasteiger partial charge in [0.15, 0.2) is 5.69 Å². The van der Waals surface area contributed by atoms with Gasteiger partial charge in [-0.15, -0.1) is 0 Å². The van der Waals surface area contributed by atoms with Crippen LogP contribution in [0.5, 0.6) is 0 Å². The molecule has 2 heteroatoms. The Bertz CT molecular complexity index is 726. The van der Waals surface area contributed by atoms with E-state index in [1.807, 2.05) is 0 Å². The van der Waals surface area contributed by atoms with Gasteiger partial charge in [-0.1, -0.05) is 45.9 Å². The SMILES string of the molecule is Cc1ccccc1-c1nc2c(c[n+]1C)C(C)(C)CCC2(C)C. The topological polar surface area (TPSA) is 16.8 Å². The molecule has 0 N–H and O–H groups in total. The van der Waals surface area contributed by atoms with Gasteiger partial charge < -0.3 is 0 Å². The molecule has 0 fully saturated rings. The summed E-state index contributed by atoms with van der Waals surface area (Å²) in [5, 5.41) is 0. The maximum Gasteiger partial charge on any atom is 0.330 e. The van der Waals surface area contributed by atoms with Crippen molar-refractivity contribution in [1.82, 2.24) is 4.98 Å². The third-order valence-electron chi connectivity index (χ3n) is 5.26. The maximum absolute atomic E-state index is 5.16. The molecule has 0 spiro atoms. The van der Waals surface area contributed by atoms with Crippen LogP contribution < -0.4 is 4.57 Å². The van der Waals surface area contributed by atoms with E-state index in [2.05, 4.69) is 76.7 Å². The highest BCUT2D eigenvalue weighted by atomic mass is 15.0. The van der Waals surface area contributed by atoms with Crippen molar-refractivity contribution in [2.75, 3.05) is 0 Å². The van der Waals surface area contributed by atoms with Crippen molar-refractivity contribution in [2.24, 2.45) is 7.05 Å². The molecule has 1 aliphatic rings. The largest absolute Gasteiger partial charge is 0.330 e. The molecule has 0 saturated carbocycles. The van der Waals surface area contributed by atoms with E-state index in [1.165, 1.54) is 35.2 Å². The van der Waals surface area contributed by atoms with Gasteiger partial charge in [0, 0.05) is 11.0 Å². The molecule has 116 valence electrons. The highest BCUT2D eigenvalue weighted by molar-refractivity contribution is 5.58. The number of benzene rings is 1. The van der Waals surface area contributed by atoms with Crippen LogP contribution in [0.1, 0.15) is 57.4 Å². The zero-order chi connectivity index (χ0) is 16.1. The Labute approximate surface area is 134 Å². The second-order valence-electron chi connectivity index (χ2n) is 8.02. The quantitative estimate of drug-likeness (QED) is 0.719. The van der Waals surface area contributed by atoms with Crippen molar-refractivity contribution < 1.29 is 4.57 Å². The second kappa shape index (κ2) is 4.91. The summed E-state index contributed by atoms with van der Waals surface area (Å²) in [6.45, 7) is 11.5. The Morgan fingerprint density at radius 1 is 1.00 bits per heavy atom. The lowest BCUT2D eigenvalue weighted by Gasteiger charge is -2.37. The van der Waals surface area contributed by atoms with E-state index >= 15 is 0 Å². The number of nitrogens with zero attached hydrogens (tertiary/aromatic N) is 2. The molecule has 0 radical (unpaired) electrons. The first-order chi connectivity index (χ1) is 10.2. The summed E-state index contributed by atoms with van der Waals surface area (Å²) < 4.78 is 2.20. The van der Waals surface area contributed by atoms with Crippen LogP contribution in [0.4, 0.5) is 0 Å². The predicted molar refractivity (Wildman–Crippen MR) is 90.9 cm³/mol. The Hall–Kier alpha value is -1.70. The summed E-state index contributed by atoms with van der Waals surface area (Å²) in [6, 6.07) is 8.51. The van der Waals surface area contributed by atoms with E-state index in [0.717, 1.165) is 5.82 Å². The van der Waals surface area contributed by atoms with E-state index in [0.29, 0.717) is 0 Å². The van der Waals surface area contributed by atoms with Crippen molar-refractivity contribution in [1.29, 1.82) is 0 Å². The molecule has 2 nitrogen and oxygen atoms in total. The molecular formula is C20H27N2+. The lowest BCUT2D eigenvalue weighted by atomic mass is 9.65. The maximum atomic E-state index is 5.16. The lowest BCUT2D eigenvalue weighted by Crippen LogP contribution is -2.42. The minimum atomic E-state index is 0.149. The summed E-state index contributed by atoms with van der Waals surface area (Å²) in [4.78, 5) is 5.16. The van der Waals surface area contributed by atoms with Gasteiger partial charge >= 0.3 is 5.82 Å². The molecule has 0 aliphatic heterocycles. The van der Waals surface area contributed by atoms with Gasteiger partial charge in [-0.3, -0.25) is 0 Å². The summed E-state index contributed by atoms with van der Waals surface area (Å²) in [5.74, 6) is 1.07. The smallest absolute Gasteiger partial charge is 0.233 e. The van der Waals surface area contributed by atoms with Crippen molar-refractivity contribution in [3.63, 3.8) is 0 Å². The molecule has 0 bridgehead atoms. The third-order valence-corrected chi connectivity index (χ3v) is 5.26. The van der Waals surface area contributed by atoms with Crippen LogP contribution in [0, 0.1) is 6.92 Å². The fraction of sp³-hybridized carbons (Fsp3) is 0.500. The van der Waals surface area contributed by atoms with Gasteiger partial charge in [0.1, 0.15) is 0 Å². The van der Waals surface area contributed by atoms with E-state index < -0.39 is 0 Å². The minimum absolute atomic E-state index is 0.149. The standard InChI is InChI=1S/C20H27N2/c1-14-9-7-8-10-15(14)18-21-17-16(13-22(18)6)19(2,3)11-12-20(17,4)5/h7-10,13H,11-12H2,1-6H3/q+1. The number of rotatable bonds is 1. The Morgan fingerprint density at radius 3 is 2.32 bits per heavy atom. The minimum Gasteiger partial charge on any atom is -0.233 e. The van der Waals surface area contributed by atoms with Gasteiger partial charge in [0.05, 0.1) is 18.8 Å². The van der Waals surface area contributed by atoms with Crippen LogP contribution in [0.25, 0.3) is 11.4 Å². The zero-order valence-electron chi connectivity index (χ0n) is 14.7. The van der Waals surface area contributed by atoms with Crippen LogP contribution in [0.3, 0.4) is 0 Å². The first kappa shape index (κ1) is 15.2. The molecule has 0 amide bonds. The number of fused-ring (bicyclic) bond motifs is 1. The van der Waals surface area contributed by atoms with Crippen molar-refractivity contribution in [3.05, 3.63) is 47.3 Å². The monoisotopic (exact) mass is 295 g/mol. The number of aromatic nitrogens is 2.